The topological polar surface area (TPSA) is 90.9 Å². The number of aryl methyl sites for hydroxylation is 1. The molecule has 1 amide bonds. The van der Waals surface area contributed by atoms with Gasteiger partial charge in [-0.2, -0.15) is 0 Å². The number of carbonyl (C=O) groups excluding carboxylic acids is 3. The van der Waals surface area contributed by atoms with Gasteiger partial charge < -0.3 is 19.5 Å². The lowest BCUT2D eigenvalue weighted by Crippen LogP contribution is -2.24. The van der Waals surface area contributed by atoms with E-state index < -0.39 is 24.5 Å². The van der Waals surface area contributed by atoms with Crippen LogP contribution in [0.1, 0.15) is 40.6 Å². The number of ether oxygens (including phenoxy) is 3. The van der Waals surface area contributed by atoms with E-state index in [4.69, 9.17) is 14.2 Å². The van der Waals surface area contributed by atoms with Gasteiger partial charge >= 0.3 is 11.9 Å². The number of esters is 2. The zero-order valence-electron chi connectivity index (χ0n) is 18.3. The Balaban J connectivity index is 1.32. The summed E-state index contributed by atoms with van der Waals surface area (Å²) in [5.41, 5.74) is 1.39. The molecule has 0 saturated heterocycles. The van der Waals surface area contributed by atoms with Crippen molar-refractivity contribution in [3.8, 4) is 5.75 Å². The number of anilines is 1. The molecule has 0 spiro atoms. The highest BCUT2D eigenvalue weighted by molar-refractivity contribution is 7.17. The predicted octanol–water partition coefficient (Wildman–Crippen LogP) is 4.52. The molecule has 2 aromatic carbocycles. The molecular formula is C25H25NO6S. The van der Waals surface area contributed by atoms with Crippen LogP contribution in [0.2, 0.25) is 0 Å². The van der Waals surface area contributed by atoms with Crippen LogP contribution in [0, 0.1) is 0 Å². The number of fused-ring (bicyclic) bond motifs is 2. The maximum absolute atomic E-state index is 12.5. The molecule has 0 saturated carbocycles. The van der Waals surface area contributed by atoms with Crippen molar-refractivity contribution in [2.24, 2.45) is 0 Å². The SMILES string of the molecule is CCOC(=O)c1c(NC(=O)COC(=O)COc2ccc3ccccc3c2)sc2c1CCCC2. The van der Waals surface area contributed by atoms with Gasteiger partial charge in [0.25, 0.3) is 5.91 Å². The average Bonchev–Trinajstić information content (AvgIpc) is 3.19. The molecule has 0 bridgehead atoms. The molecule has 7 nitrogen and oxygen atoms in total. The zero-order valence-corrected chi connectivity index (χ0v) is 19.2. The normalized spacial score (nSPS) is 12.6. The van der Waals surface area contributed by atoms with Crippen LogP contribution in [0.4, 0.5) is 5.00 Å². The molecule has 1 N–H and O–H groups in total. The molecule has 1 aromatic heterocycles. The van der Waals surface area contributed by atoms with Crippen molar-refractivity contribution in [2.75, 3.05) is 25.1 Å². The van der Waals surface area contributed by atoms with E-state index in [1.165, 1.54) is 11.3 Å². The van der Waals surface area contributed by atoms with Gasteiger partial charge in [-0.05, 0) is 61.1 Å². The van der Waals surface area contributed by atoms with Gasteiger partial charge in [0.05, 0.1) is 12.2 Å². The largest absolute Gasteiger partial charge is 0.482 e. The van der Waals surface area contributed by atoms with Gasteiger partial charge in [0.15, 0.2) is 13.2 Å². The van der Waals surface area contributed by atoms with Gasteiger partial charge in [0, 0.05) is 4.88 Å². The molecule has 1 aliphatic carbocycles. The van der Waals surface area contributed by atoms with Gasteiger partial charge in [-0.1, -0.05) is 30.3 Å². The van der Waals surface area contributed by atoms with Crippen molar-refractivity contribution in [3.05, 3.63) is 58.5 Å². The van der Waals surface area contributed by atoms with Crippen molar-refractivity contribution < 1.29 is 28.6 Å². The zero-order chi connectivity index (χ0) is 23.2. The van der Waals surface area contributed by atoms with Crippen LogP contribution in [0.3, 0.4) is 0 Å². The molecule has 172 valence electrons. The van der Waals surface area contributed by atoms with Crippen LogP contribution in [0.5, 0.6) is 5.75 Å². The first-order valence-corrected chi connectivity index (χ1v) is 11.8. The van der Waals surface area contributed by atoms with E-state index in [2.05, 4.69) is 5.32 Å². The first-order valence-electron chi connectivity index (χ1n) is 10.9. The molecule has 0 atom stereocenters. The van der Waals surface area contributed by atoms with E-state index in [9.17, 15) is 14.4 Å². The standard InChI is InChI=1S/C25H25NO6S/c1-2-30-25(29)23-19-9-5-6-10-20(19)33-24(23)26-21(27)14-32-22(28)15-31-18-12-11-16-7-3-4-8-17(16)13-18/h3-4,7-8,11-13H,2,5-6,9-10,14-15H2,1H3,(H,26,27). The summed E-state index contributed by atoms with van der Waals surface area (Å²) >= 11 is 1.39. The monoisotopic (exact) mass is 467 g/mol. The van der Waals surface area contributed by atoms with E-state index in [0.29, 0.717) is 16.3 Å². The van der Waals surface area contributed by atoms with Gasteiger partial charge in [0.2, 0.25) is 0 Å². The van der Waals surface area contributed by atoms with Crippen molar-refractivity contribution in [1.82, 2.24) is 0 Å². The van der Waals surface area contributed by atoms with Crippen LogP contribution >= 0.6 is 11.3 Å². The Kier molecular flexibility index (Phi) is 7.24. The first-order chi connectivity index (χ1) is 16.0. The molecule has 0 aliphatic heterocycles. The summed E-state index contributed by atoms with van der Waals surface area (Å²) in [5.74, 6) is -1.07. The minimum atomic E-state index is -0.658. The van der Waals surface area contributed by atoms with Crippen molar-refractivity contribution >= 4 is 45.0 Å². The molecule has 1 aliphatic rings. The molecule has 8 heteroatoms. The lowest BCUT2D eigenvalue weighted by atomic mass is 9.95. The van der Waals surface area contributed by atoms with Gasteiger partial charge in [-0.15, -0.1) is 11.3 Å². The van der Waals surface area contributed by atoms with Crippen LogP contribution in [0.15, 0.2) is 42.5 Å². The number of amides is 1. The number of hydrogen-bond donors (Lipinski definition) is 1. The number of rotatable bonds is 8. The first kappa shape index (κ1) is 22.8. The molecular weight excluding hydrogens is 442 g/mol. The number of thiophene rings is 1. The number of benzene rings is 2. The van der Waals surface area contributed by atoms with Crippen LogP contribution in [-0.2, 0) is 31.9 Å². The van der Waals surface area contributed by atoms with Gasteiger partial charge in [0.1, 0.15) is 10.8 Å². The molecule has 4 rings (SSSR count). The molecule has 0 unspecified atom stereocenters. The fraction of sp³-hybridized carbons (Fsp3) is 0.320. The fourth-order valence-corrected chi connectivity index (χ4v) is 5.12. The maximum Gasteiger partial charge on any atom is 0.344 e. The van der Waals surface area contributed by atoms with Crippen LogP contribution in [-0.4, -0.2) is 37.7 Å². The summed E-state index contributed by atoms with van der Waals surface area (Å²) in [6, 6.07) is 13.3. The van der Waals surface area contributed by atoms with Crippen molar-refractivity contribution in [1.29, 1.82) is 0 Å². The number of carbonyl (C=O) groups is 3. The number of hydrogen-bond acceptors (Lipinski definition) is 7. The third-order valence-electron chi connectivity index (χ3n) is 5.35. The Morgan fingerprint density at radius 3 is 2.58 bits per heavy atom. The second-order valence-electron chi connectivity index (χ2n) is 7.64. The summed E-state index contributed by atoms with van der Waals surface area (Å²) in [5, 5.41) is 5.24. The maximum atomic E-state index is 12.5. The minimum absolute atomic E-state index is 0.256. The summed E-state index contributed by atoms with van der Waals surface area (Å²) < 4.78 is 15.7. The van der Waals surface area contributed by atoms with E-state index in [1.54, 1.807) is 13.0 Å². The summed E-state index contributed by atoms with van der Waals surface area (Å²) in [7, 11) is 0. The van der Waals surface area contributed by atoms with E-state index in [0.717, 1.165) is 46.9 Å². The highest BCUT2D eigenvalue weighted by atomic mass is 32.1. The lowest BCUT2D eigenvalue weighted by molar-refractivity contribution is -0.149. The molecule has 1 heterocycles. The Bertz CT molecular complexity index is 1180. The fourth-order valence-electron chi connectivity index (χ4n) is 3.82. The average molecular weight is 468 g/mol. The van der Waals surface area contributed by atoms with Crippen molar-refractivity contribution in [3.63, 3.8) is 0 Å². The second-order valence-corrected chi connectivity index (χ2v) is 8.75. The number of nitrogens with one attached hydrogen (secondary N) is 1. The third-order valence-corrected chi connectivity index (χ3v) is 6.55. The summed E-state index contributed by atoms with van der Waals surface area (Å²) in [4.78, 5) is 38.0. The smallest absolute Gasteiger partial charge is 0.344 e. The molecule has 3 aromatic rings. The predicted molar refractivity (Wildman–Crippen MR) is 126 cm³/mol. The Labute approximate surface area is 195 Å². The van der Waals surface area contributed by atoms with E-state index >= 15 is 0 Å². The summed E-state index contributed by atoms with van der Waals surface area (Å²) in [6.07, 6.45) is 3.72. The highest BCUT2D eigenvalue weighted by Gasteiger charge is 2.27. The highest BCUT2D eigenvalue weighted by Crippen LogP contribution is 2.38. The van der Waals surface area contributed by atoms with E-state index in [1.807, 2.05) is 36.4 Å². The quantitative estimate of drug-likeness (QED) is 0.490. The third kappa shape index (κ3) is 5.51. The van der Waals surface area contributed by atoms with E-state index in [-0.39, 0.29) is 13.2 Å². The van der Waals surface area contributed by atoms with Crippen LogP contribution in [0.25, 0.3) is 10.8 Å². The van der Waals surface area contributed by atoms with Crippen molar-refractivity contribution in [2.45, 2.75) is 32.6 Å². The molecule has 0 fully saturated rings. The Morgan fingerprint density at radius 1 is 0.970 bits per heavy atom. The van der Waals surface area contributed by atoms with Gasteiger partial charge in [-0.25, -0.2) is 9.59 Å². The summed E-state index contributed by atoms with van der Waals surface area (Å²) in [6.45, 7) is 1.22. The lowest BCUT2D eigenvalue weighted by Gasteiger charge is -2.12. The molecule has 33 heavy (non-hydrogen) atoms. The van der Waals surface area contributed by atoms with Gasteiger partial charge in [-0.3, -0.25) is 4.79 Å². The second kappa shape index (κ2) is 10.5. The molecule has 0 radical (unpaired) electrons. The minimum Gasteiger partial charge on any atom is -0.482 e. The Morgan fingerprint density at radius 2 is 1.76 bits per heavy atom. The van der Waals surface area contributed by atoms with Crippen LogP contribution < -0.4 is 10.1 Å². The Hall–Kier alpha value is -3.39.